The third-order valence-electron chi connectivity index (χ3n) is 2.79. The van der Waals surface area contributed by atoms with Gasteiger partial charge in [0.2, 0.25) is 0 Å². The quantitative estimate of drug-likeness (QED) is 0.826. The van der Waals surface area contributed by atoms with E-state index in [9.17, 15) is 4.79 Å². The van der Waals surface area contributed by atoms with Crippen LogP contribution in [0.1, 0.15) is 5.56 Å². The Labute approximate surface area is 111 Å². The van der Waals surface area contributed by atoms with Crippen LogP contribution in [0.15, 0.2) is 42.5 Å². The molecule has 0 bridgehead atoms. The van der Waals surface area contributed by atoms with E-state index in [1.165, 1.54) is 0 Å². The summed E-state index contributed by atoms with van der Waals surface area (Å²) < 4.78 is 5.09. The lowest BCUT2D eigenvalue weighted by Gasteiger charge is -2.08. The van der Waals surface area contributed by atoms with Crippen molar-refractivity contribution in [3.8, 4) is 16.9 Å². The number of anilines is 1. The molecule has 0 amide bonds. The predicted molar refractivity (Wildman–Crippen MR) is 74.2 cm³/mol. The molecule has 0 radical (unpaired) electrons. The van der Waals surface area contributed by atoms with Gasteiger partial charge < -0.3 is 15.6 Å². The summed E-state index contributed by atoms with van der Waals surface area (Å²) in [6.45, 7) is 1.68. The first kappa shape index (κ1) is 13.0. The molecule has 0 unspecified atom stereocenters. The minimum absolute atomic E-state index is 0.337. The zero-order valence-corrected chi connectivity index (χ0v) is 10.6. The molecule has 98 valence electrons. The van der Waals surface area contributed by atoms with Gasteiger partial charge in [-0.2, -0.15) is 0 Å². The SMILES string of the molecule is Cc1ccc(N)cc1-c1ccc(OCC(=O)O)cc1. The van der Waals surface area contributed by atoms with Crippen molar-refractivity contribution in [3.63, 3.8) is 0 Å². The molecule has 3 N–H and O–H groups in total. The smallest absolute Gasteiger partial charge is 0.341 e. The second kappa shape index (κ2) is 5.44. The van der Waals surface area contributed by atoms with Crippen LogP contribution in [0.4, 0.5) is 5.69 Å². The lowest BCUT2D eigenvalue weighted by Crippen LogP contribution is -2.09. The van der Waals surface area contributed by atoms with E-state index in [2.05, 4.69) is 0 Å². The van der Waals surface area contributed by atoms with Gasteiger partial charge in [-0.25, -0.2) is 4.79 Å². The van der Waals surface area contributed by atoms with Crippen molar-refractivity contribution in [1.29, 1.82) is 0 Å². The molecule has 0 spiro atoms. The van der Waals surface area contributed by atoms with Crippen LogP contribution in [0.2, 0.25) is 0 Å². The summed E-state index contributed by atoms with van der Waals surface area (Å²) in [6.07, 6.45) is 0. The van der Waals surface area contributed by atoms with Crippen LogP contribution in [-0.4, -0.2) is 17.7 Å². The number of hydrogen-bond acceptors (Lipinski definition) is 3. The lowest BCUT2D eigenvalue weighted by molar-refractivity contribution is -0.139. The number of ether oxygens (including phenoxy) is 1. The number of carboxylic acid groups (broad SMARTS) is 1. The van der Waals surface area contributed by atoms with Gasteiger partial charge in [-0.15, -0.1) is 0 Å². The molecule has 0 aliphatic carbocycles. The number of hydrogen-bond donors (Lipinski definition) is 2. The highest BCUT2D eigenvalue weighted by Gasteiger charge is 2.04. The summed E-state index contributed by atoms with van der Waals surface area (Å²) in [6, 6.07) is 13.0. The molecule has 2 aromatic rings. The highest BCUT2D eigenvalue weighted by atomic mass is 16.5. The van der Waals surface area contributed by atoms with Gasteiger partial charge in [0.1, 0.15) is 5.75 Å². The van der Waals surface area contributed by atoms with E-state index >= 15 is 0 Å². The second-order valence-corrected chi connectivity index (χ2v) is 4.28. The maximum atomic E-state index is 10.4. The van der Waals surface area contributed by atoms with Crippen molar-refractivity contribution in [2.24, 2.45) is 0 Å². The Balaban J connectivity index is 2.22. The van der Waals surface area contributed by atoms with Gasteiger partial charge in [-0.3, -0.25) is 0 Å². The first-order valence-electron chi connectivity index (χ1n) is 5.87. The predicted octanol–water partition coefficient (Wildman–Crippen LogP) is 2.71. The summed E-state index contributed by atoms with van der Waals surface area (Å²) in [5, 5.41) is 8.54. The number of carbonyl (C=O) groups is 1. The highest BCUT2D eigenvalue weighted by molar-refractivity contribution is 5.71. The number of carboxylic acids is 1. The number of aryl methyl sites for hydroxylation is 1. The molecule has 0 aliphatic heterocycles. The molecule has 2 aromatic carbocycles. The van der Waals surface area contributed by atoms with E-state index in [0.29, 0.717) is 11.4 Å². The molecule has 0 saturated carbocycles. The number of rotatable bonds is 4. The normalized spacial score (nSPS) is 10.2. The van der Waals surface area contributed by atoms with E-state index in [1.54, 1.807) is 12.1 Å². The molecule has 0 saturated heterocycles. The minimum Gasteiger partial charge on any atom is -0.482 e. The molecule has 4 heteroatoms. The fraction of sp³-hybridized carbons (Fsp3) is 0.133. The minimum atomic E-state index is -0.990. The van der Waals surface area contributed by atoms with Gasteiger partial charge in [-0.1, -0.05) is 18.2 Å². The van der Waals surface area contributed by atoms with Crippen molar-refractivity contribution < 1.29 is 14.6 Å². The molecule has 0 fully saturated rings. The van der Waals surface area contributed by atoms with Crippen LogP contribution >= 0.6 is 0 Å². The van der Waals surface area contributed by atoms with Gasteiger partial charge in [-0.05, 0) is 47.9 Å². The summed E-state index contributed by atoms with van der Waals surface area (Å²) in [5.74, 6) is -0.455. The van der Waals surface area contributed by atoms with Crippen LogP contribution in [0.25, 0.3) is 11.1 Å². The monoisotopic (exact) mass is 257 g/mol. The Morgan fingerprint density at radius 1 is 1.21 bits per heavy atom. The van der Waals surface area contributed by atoms with Crippen LogP contribution in [-0.2, 0) is 4.79 Å². The van der Waals surface area contributed by atoms with Crippen LogP contribution in [0, 0.1) is 6.92 Å². The first-order chi connectivity index (χ1) is 9.06. The average molecular weight is 257 g/mol. The Morgan fingerprint density at radius 3 is 2.53 bits per heavy atom. The van der Waals surface area contributed by atoms with Crippen LogP contribution < -0.4 is 10.5 Å². The van der Waals surface area contributed by atoms with Gasteiger partial charge in [0.15, 0.2) is 6.61 Å². The molecule has 2 rings (SSSR count). The largest absolute Gasteiger partial charge is 0.482 e. The molecular weight excluding hydrogens is 242 g/mol. The van der Waals surface area contributed by atoms with Gasteiger partial charge in [0.05, 0.1) is 0 Å². The summed E-state index contributed by atoms with van der Waals surface area (Å²) in [5.41, 5.74) is 9.71. The Kier molecular flexibility index (Phi) is 3.71. The number of benzene rings is 2. The number of aliphatic carboxylic acids is 1. The zero-order chi connectivity index (χ0) is 13.8. The topological polar surface area (TPSA) is 72.5 Å². The van der Waals surface area contributed by atoms with E-state index in [-0.39, 0.29) is 6.61 Å². The zero-order valence-electron chi connectivity index (χ0n) is 10.6. The number of nitrogens with two attached hydrogens (primary N) is 1. The standard InChI is InChI=1S/C15H15NO3/c1-10-2-5-12(16)8-14(10)11-3-6-13(7-4-11)19-9-15(17)18/h2-8H,9,16H2,1H3,(H,17,18). The van der Waals surface area contributed by atoms with E-state index in [0.717, 1.165) is 16.7 Å². The Morgan fingerprint density at radius 2 is 1.89 bits per heavy atom. The van der Waals surface area contributed by atoms with Crippen molar-refractivity contribution in [1.82, 2.24) is 0 Å². The molecule has 4 nitrogen and oxygen atoms in total. The molecule has 0 atom stereocenters. The fourth-order valence-corrected chi connectivity index (χ4v) is 1.83. The molecular formula is C15H15NO3. The van der Waals surface area contributed by atoms with Gasteiger partial charge in [0.25, 0.3) is 0 Å². The Bertz CT molecular complexity index is 591. The van der Waals surface area contributed by atoms with E-state index < -0.39 is 5.97 Å². The van der Waals surface area contributed by atoms with Gasteiger partial charge >= 0.3 is 5.97 Å². The van der Waals surface area contributed by atoms with Gasteiger partial charge in [0, 0.05) is 5.69 Å². The maximum absolute atomic E-state index is 10.4. The van der Waals surface area contributed by atoms with Crippen molar-refractivity contribution in [3.05, 3.63) is 48.0 Å². The summed E-state index contributed by atoms with van der Waals surface area (Å²) in [4.78, 5) is 10.4. The first-order valence-corrected chi connectivity index (χ1v) is 5.87. The van der Waals surface area contributed by atoms with Crippen molar-refractivity contribution in [2.75, 3.05) is 12.3 Å². The maximum Gasteiger partial charge on any atom is 0.341 e. The summed E-state index contributed by atoms with van der Waals surface area (Å²) in [7, 11) is 0. The fourth-order valence-electron chi connectivity index (χ4n) is 1.83. The molecule has 0 aromatic heterocycles. The van der Waals surface area contributed by atoms with E-state index in [4.69, 9.17) is 15.6 Å². The summed E-state index contributed by atoms with van der Waals surface area (Å²) >= 11 is 0. The molecule has 0 aliphatic rings. The van der Waals surface area contributed by atoms with Crippen molar-refractivity contribution in [2.45, 2.75) is 6.92 Å². The second-order valence-electron chi connectivity index (χ2n) is 4.28. The van der Waals surface area contributed by atoms with E-state index in [1.807, 2.05) is 37.3 Å². The van der Waals surface area contributed by atoms with Crippen LogP contribution in [0.5, 0.6) is 5.75 Å². The lowest BCUT2D eigenvalue weighted by atomic mass is 10.00. The van der Waals surface area contributed by atoms with Crippen LogP contribution in [0.3, 0.4) is 0 Å². The highest BCUT2D eigenvalue weighted by Crippen LogP contribution is 2.27. The average Bonchev–Trinajstić information content (AvgIpc) is 2.40. The Hall–Kier alpha value is -2.49. The molecule has 0 heterocycles. The molecule has 19 heavy (non-hydrogen) atoms. The van der Waals surface area contributed by atoms with Crippen molar-refractivity contribution >= 4 is 11.7 Å². The number of nitrogen functional groups attached to an aromatic ring is 1. The third kappa shape index (κ3) is 3.25. The third-order valence-corrected chi connectivity index (χ3v) is 2.79.